The summed E-state index contributed by atoms with van der Waals surface area (Å²) in [6.45, 7) is 3.44. The molecule has 1 aliphatic heterocycles. The van der Waals surface area contributed by atoms with Gasteiger partial charge >= 0.3 is 5.69 Å². The van der Waals surface area contributed by atoms with Gasteiger partial charge in [0.15, 0.2) is 0 Å². The van der Waals surface area contributed by atoms with Gasteiger partial charge in [-0.1, -0.05) is 0 Å². The van der Waals surface area contributed by atoms with E-state index in [2.05, 4.69) is 4.90 Å². The SMILES string of the molecule is Cn1c(CN2CCC(CCN)CC2)cc(=O)n(C)c1=O. The molecular weight excluding hydrogens is 256 g/mol. The fraction of sp³-hybridized carbons (Fsp3) is 0.714. The number of aromatic nitrogens is 2. The Bertz CT molecular complexity index is 568. The van der Waals surface area contributed by atoms with Crippen molar-refractivity contribution in [3.05, 3.63) is 32.6 Å². The van der Waals surface area contributed by atoms with Gasteiger partial charge in [0.25, 0.3) is 5.56 Å². The van der Waals surface area contributed by atoms with Gasteiger partial charge in [-0.3, -0.25) is 18.8 Å². The van der Waals surface area contributed by atoms with E-state index in [9.17, 15) is 9.59 Å². The minimum absolute atomic E-state index is 0.235. The summed E-state index contributed by atoms with van der Waals surface area (Å²) in [5.41, 5.74) is 5.89. The maximum Gasteiger partial charge on any atom is 0.330 e. The first-order chi connectivity index (χ1) is 9.52. The molecule has 0 atom stereocenters. The number of hydrogen-bond acceptors (Lipinski definition) is 4. The highest BCUT2D eigenvalue weighted by atomic mass is 16.2. The van der Waals surface area contributed by atoms with Crippen LogP contribution in [0.15, 0.2) is 15.7 Å². The highest BCUT2D eigenvalue weighted by Gasteiger charge is 2.19. The largest absolute Gasteiger partial charge is 0.330 e. The Morgan fingerprint density at radius 3 is 2.45 bits per heavy atom. The van der Waals surface area contributed by atoms with E-state index < -0.39 is 0 Å². The van der Waals surface area contributed by atoms with E-state index >= 15 is 0 Å². The number of nitrogens with two attached hydrogens (primary N) is 1. The van der Waals surface area contributed by atoms with Crippen LogP contribution < -0.4 is 17.0 Å². The molecule has 1 fully saturated rings. The monoisotopic (exact) mass is 280 g/mol. The van der Waals surface area contributed by atoms with E-state index in [1.54, 1.807) is 17.7 Å². The summed E-state index contributed by atoms with van der Waals surface area (Å²) in [5.74, 6) is 0.726. The zero-order chi connectivity index (χ0) is 14.7. The van der Waals surface area contributed by atoms with Crippen molar-refractivity contribution in [2.75, 3.05) is 19.6 Å². The van der Waals surface area contributed by atoms with E-state index in [0.717, 1.165) is 55.1 Å². The molecule has 1 saturated heterocycles. The molecular formula is C14H24N4O2. The molecule has 20 heavy (non-hydrogen) atoms. The fourth-order valence-corrected chi connectivity index (χ4v) is 2.83. The molecule has 1 aliphatic rings. The second kappa shape index (κ2) is 6.37. The van der Waals surface area contributed by atoms with Crippen molar-refractivity contribution >= 4 is 0 Å². The highest BCUT2D eigenvalue weighted by Crippen LogP contribution is 2.20. The van der Waals surface area contributed by atoms with Crippen molar-refractivity contribution in [1.82, 2.24) is 14.0 Å². The number of likely N-dealkylation sites (tertiary alicyclic amines) is 1. The smallest absolute Gasteiger partial charge is 0.330 e. The standard InChI is InChI=1S/C14H24N4O2/c1-16-12(9-13(19)17(2)14(16)20)10-18-7-4-11(3-6-15)5-8-18/h9,11H,3-8,10,15H2,1-2H3. The van der Waals surface area contributed by atoms with E-state index in [1.165, 1.54) is 7.05 Å². The lowest BCUT2D eigenvalue weighted by atomic mass is 9.93. The molecule has 2 N–H and O–H groups in total. The van der Waals surface area contributed by atoms with Crippen LogP contribution in [0.2, 0.25) is 0 Å². The summed E-state index contributed by atoms with van der Waals surface area (Å²) in [6.07, 6.45) is 3.39. The highest BCUT2D eigenvalue weighted by molar-refractivity contribution is 5.02. The first kappa shape index (κ1) is 15.0. The van der Waals surface area contributed by atoms with Crippen LogP contribution in [0, 0.1) is 5.92 Å². The van der Waals surface area contributed by atoms with E-state index in [-0.39, 0.29) is 11.2 Å². The Labute approximate surface area is 118 Å². The molecule has 0 bridgehead atoms. The van der Waals surface area contributed by atoms with Gasteiger partial charge in [0.05, 0.1) is 0 Å². The maximum atomic E-state index is 11.9. The van der Waals surface area contributed by atoms with Crippen LogP contribution >= 0.6 is 0 Å². The molecule has 0 aliphatic carbocycles. The van der Waals surface area contributed by atoms with Gasteiger partial charge in [-0.2, -0.15) is 0 Å². The Kier molecular flexibility index (Phi) is 4.77. The van der Waals surface area contributed by atoms with Gasteiger partial charge in [0.2, 0.25) is 0 Å². The third-order valence-corrected chi connectivity index (χ3v) is 4.29. The van der Waals surface area contributed by atoms with Gasteiger partial charge in [0, 0.05) is 32.4 Å². The third-order valence-electron chi connectivity index (χ3n) is 4.29. The predicted octanol–water partition coefficient (Wildman–Crippen LogP) is -0.355. The Hall–Kier alpha value is -1.40. The first-order valence-electron chi connectivity index (χ1n) is 7.21. The average molecular weight is 280 g/mol. The lowest BCUT2D eigenvalue weighted by Crippen LogP contribution is -2.41. The first-order valence-corrected chi connectivity index (χ1v) is 7.21. The molecule has 0 amide bonds. The molecule has 6 nitrogen and oxygen atoms in total. The minimum atomic E-state index is -0.259. The van der Waals surface area contributed by atoms with Crippen LogP contribution in [0.5, 0.6) is 0 Å². The number of hydrogen-bond donors (Lipinski definition) is 1. The van der Waals surface area contributed by atoms with Crippen LogP contribution in [-0.4, -0.2) is 33.7 Å². The van der Waals surface area contributed by atoms with Crippen LogP contribution in [0.3, 0.4) is 0 Å². The summed E-state index contributed by atoms with van der Waals surface area (Å²) >= 11 is 0. The third kappa shape index (κ3) is 3.19. The second-order valence-corrected chi connectivity index (χ2v) is 5.67. The van der Waals surface area contributed by atoms with E-state index in [1.807, 2.05) is 0 Å². The molecule has 1 aromatic rings. The van der Waals surface area contributed by atoms with Gasteiger partial charge in [-0.05, 0) is 44.8 Å². The van der Waals surface area contributed by atoms with Crippen molar-refractivity contribution < 1.29 is 0 Å². The van der Waals surface area contributed by atoms with Crippen molar-refractivity contribution in [2.45, 2.75) is 25.8 Å². The molecule has 1 aromatic heterocycles. The van der Waals surface area contributed by atoms with Crippen molar-refractivity contribution in [2.24, 2.45) is 25.7 Å². The van der Waals surface area contributed by atoms with Crippen LogP contribution in [-0.2, 0) is 20.6 Å². The summed E-state index contributed by atoms with van der Waals surface area (Å²) < 4.78 is 2.70. The number of nitrogens with zero attached hydrogens (tertiary/aromatic N) is 3. The normalized spacial score (nSPS) is 17.6. The second-order valence-electron chi connectivity index (χ2n) is 5.67. The molecule has 0 saturated carbocycles. The molecule has 2 rings (SSSR count). The minimum Gasteiger partial charge on any atom is -0.330 e. The van der Waals surface area contributed by atoms with Gasteiger partial charge < -0.3 is 5.73 Å². The zero-order valence-corrected chi connectivity index (χ0v) is 12.3. The molecule has 0 aromatic carbocycles. The molecule has 112 valence electrons. The molecule has 0 spiro atoms. The van der Waals surface area contributed by atoms with Gasteiger partial charge in [-0.25, -0.2) is 4.79 Å². The van der Waals surface area contributed by atoms with E-state index in [4.69, 9.17) is 5.73 Å². The summed E-state index contributed by atoms with van der Waals surface area (Å²) in [5, 5.41) is 0. The Balaban J connectivity index is 2.05. The van der Waals surface area contributed by atoms with Crippen molar-refractivity contribution in [1.29, 1.82) is 0 Å². The predicted molar refractivity (Wildman–Crippen MR) is 78.6 cm³/mol. The summed E-state index contributed by atoms with van der Waals surface area (Å²) in [4.78, 5) is 25.9. The summed E-state index contributed by atoms with van der Waals surface area (Å²) in [6, 6.07) is 1.56. The van der Waals surface area contributed by atoms with Crippen molar-refractivity contribution in [3.8, 4) is 0 Å². The Morgan fingerprint density at radius 2 is 1.85 bits per heavy atom. The van der Waals surface area contributed by atoms with Gasteiger partial charge in [0.1, 0.15) is 0 Å². The van der Waals surface area contributed by atoms with Gasteiger partial charge in [-0.15, -0.1) is 0 Å². The summed E-state index contributed by atoms with van der Waals surface area (Å²) in [7, 11) is 3.23. The molecule has 6 heteroatoms. The van der Waals surface area contributed by atoms with Crippen molar-refractivity contribution in [3.63, 3.8) is 0 Å². The lowest BCUT2D eigenvalue weighted by molar-refractivity contribution is 0.170. The topological polar surface area (TPSA) is 73.3 Å². The molecule has 0 unspecified atom stereocenters. The van der Waals surface area contributed by atoms with Crippen LogP contribution in [0.25, 0.3) is 0 Å². The maximum absolute atomic E-state index is 11.9. The van der Waals surface area contributed by atoms with Crippen LogP contribution in [0.4, 0.5) is 0 Å². The number of rotatable bonds is 4. The molecule has 2 heterocycles. The lowest BCUT2D eigenvalue weighted by Gasteiger charge is -2.32. The quantitative estimate of drug-likeness (QED) is 0.818. The Morgan fingerprint density at radius 1 is 1.20 bits per heavy atom. The molecule has 0 radical (unpaired) electrons. The van der Waals surface area contributed by atoms with Crippen LogP contribution in [0.1, 0.15) is 25.0 Å². The number of piperidine rings is 1. The van der Waals surface area contributed by atoms with E-state index in [0.29, 0.717) is 6.54 Å². The average Bonchev–Trinajstić information content (AvgIpc) is 2.45. The zero-order valence-electron chi connectivity index (χ0n) is 12.3. The fourth-order valence-electron chi connectivity index (χ4n) is 2.83.